The largest absolute Gasteiger partial charge is 0.507 e. The lowest BCUT2D eigenvalue weighted by atomic mass is 9.98. The number of aromatic nitrogens is 1. The molecular formula is C27H29FN4O4. The van der Waals surface area contributed by atoms with Gasteiger partial charge in [0.2, 0.25) is 5.91 Å². The Morgan fingerprint density at radius 3 is 2.56 bits per heavy atom. The maximum Gasteiger partial charge on any atom is 0.270 e. The van der Waals surface area contributed by atoms with Crippen LogP contribution in [0.2, 0.25) is 0 Å². The number of aromatic hydroxyl groups is 1. The summed E-state index contributed by atoms with van der Waals surface area (Å²) < 4.78 is 14.7. The van der Waals surface area contributed by atoms with E-state index in [1.807, 2.05) is 0 Å². The number of benzene rings is 2. The van der Waals surface area contributed by atoms with E-state index >= 15 is 0 Å². The van der Waals surface area contributed by atoms with Crippen LogP contribution in [-0.4, -0.2) is 58.9 Å². The molecule has 9 heteroatoms. The fourth-order valence-corrected chi connectivity index (χ4v) is 4.21. The van der Waals surface area contributed by atoms with E-state index in [-0.39, 0.29) is 46.6 Å². The molecule has 4 bridgehead atoms. The number of phenols is 1. The van der Waals surface area contributed by atoms with Gasteiger partial charge in [-0.1, -0.05) is 6.07 Å². The average Bonchev–Trinajstić information content (AvgIpc) is 3.41. The van der Waals surface area contributed by atoms with Gasteiger partial charge in [-0.25, -0.2) is 4.39 Å². The van der Waals surface area contributed by atoms with Crippen molar-refractivity contribution >= 4 is 17.7 Å². The zero-order valence-electron chi connectivity index (χ0n) is 19.9. The van der Waals surface area contributed by atoms with Crippen LogP contribution in [0.5, 0.6) is 5.75 Å². The van der Waals surface area contributed by atoms with E-state index in [0.717, 1.165) is 5.56 Å². The maximum atomic E-state index is 14.7. The van der Waals surface area contributed by atoms with Crippen LogP contribution in [0.3, 0.4) is 0 Å². The third-order valence-corrected chi connectivity index (χ3v) is 6.15. The smallest absolute Gasteiger partial charge is 0.270 e. The summed E-state index contributed by atoms with van der Waals surface area (Å²) in [5, 5.41) is 16.1. The van der Waals surface area contributed by atoms with E-state index in [4.69, 9.17) is 0 Å². The number of aromatic amines is 1. The van der Waals surface area contributed by atoms with Gasteiger partial charge in [-0.2, -0.15) is 0 Å². The second kappa shape index (κ2) is 11.5. The predicted molar refractivity (Wildman–Crippen MR) is 133 cm³/mol. The molecule has 0 saturated carbocycles. The van der Waals surface area contributed by atoms with Crippen LogP contribution >= 0.6 is 0 Å². The van der Waals surface area contributed by atoms with Gasteiger partial charge < -0.3 is 25.6 Å². The Hall–Kier alpha value is -4.14. The van der Waals surface area contributed by atoms with Gasteiger partial charge in [0, 0.05) is 55.5 Å². The van der Waals surface area contributed by atoms with Gasteiger partial charge in [-0.3, -0.25) is 14.4 Å². The quantitative estimate of drug-likeness (QED) is 0.418. The van der Waals surface area contributed by atoms with Gasteiger partial charge in [0.15, 0.2) is 0 Å². The summed E-state index contributed by atoms with van der Waals surface area (Å²) in [5.41, 5.74) is 1.93. The fourth-order valence-electron chi connectivity index (χ4n) is 4.21. The number of carbonyl (C=O) groups is 3. The molecule has 0 radical (unpaired) electrons. The van der Waals surface area contributed by atoms with Gasteiger partial charge in [0.05, 0.1) is 0 Å². The van der Waals surface area contributed by atoms with E-state index in [2.05, 4.69) is 15.6 Å². The number of hydrogen-bond donors (Lipinski definition) is 4. The highest BCUT2D eigenvalue weighted by Gasteiger charge is 2.18. The van der Waals surface area contributed by atoms with Crippen LogP contribution < -0.4 is 10.6 Å². The first-order valence-corrected chi connectivity index (χ1v) is 12.0. The zero-order chi connectivity index (χ0) is 25.5. The number of carbonyl (C=O) groups excluding carboxylic acids is 3. The SMILES string of the molecule is O=C1CCCN(C(=O)c2ccc[nH]2)CCCNC(=O)c2ccc(F)c(c2)-c2cc(ccc2O)CCN1. The molecule has 3 aromatic rings. The van der Waals surface area contributed by atoms with Crippen molar-refractivity contribution in [3.8, 4) is 16.9 Å². The molecule has 3 amide bonds. The minimum Gasteiger partial charge on any atom is -0.507 e. The molecule has 2 aromatic carbocycles. The van der Waals surface area contributed by atoms with E-state index < -0.39 is 5.82 Å². The van der Waals surface area contributed by atoms with E-state index in [9.17, 15) is 23.9 Å². The fraction of sp³-hybridized carbons (Fsp3) is 0.296. The Bertz CT molecular complexity index is 1240. The third kappa shape index (κ3) is 6.10. The topological polar surface area (TPSA) is 115 Å². The first-order chi connectivity index (χ1) is 17.4. The van der Waals surface area contributed by atoms with Crippen molar-refractivity contribution < 1.29 is 23.9 Å². The third-order valence-electron chi connectivity index (χ3n) is 6.15. The summed E-state index contributed by atoms with van der Waals surface area (Å²) in [7, 11) is 0. The summed E-state index contributed by atoms with van der Waals surface area (Å²) in [6.07, 6.45) is 3.43. The Kier molecular flexibility index (Phi) is 7.99. The zero-order valence-corrected chi connectivity index (χ0v) is 19.9. The predicted octanol–water partition coefficient (Wildman–Crippen LogP) is 3.24. The van der Waals surface area contributed by atoms with Gasteiger partial charge in [-0.15, -0.1) is 0 Å². The molecule has 8 nitrogen and oxygen atoms in total. The number of rotatable bonds is 1. The molecule has 188 valence electrons. The number of phenolic OH excluding ortho intramolecular Hbond substituents is 1. The van der Waals surface area contributed by atoms with Gasteiger partial charge in [-0.05, 0) is 67.3 Å². The first-order valence-electron chi connectivity index (χ1n) is 12.0. The van der Waals surface area contributed by atoms with Crippen LogP contribution in [0.4, 0.5) is 4.39 Å². The highest BCUT2D eigenvalue weighted by atomic mass is 19.1. The van der Waals surface area contributed by atoms with E-state index in [1.54, 1.807) is 35.4 Å². The molecular weight excluding hydrogens is 463 g/mol. The van der Waals surface area contributed by atoms with Crippen LogP contribution in [0.15, 0.2) is 54.7 Å². The minimum absolute atomic E-state index is 0.100. The molecule has 0 unspecified atom stereocenters. The van der Waals surface area contributed by atoms with Crippen molar-refractivity contribution in [1.29, 1.82) is 0 Å². The monoisotopic (exact) mass is 492 g/mol. The molecule has 0 saturated heterocycles. The number of nitrogens with zero attached hydrogens (tertiary/aromatic N) is 1. The van der Waals surface area contributed by atoms with Crippen molar-refractivity contribution in [2.45, 2.75) is 25.7 Å². The molecule has 2 heterocycles. The number of fused-ring (bicyclic) bond motifs is 5. The van der Waals surface area contributed by atoms with Crippen LogP contribution in [0, 0.1) is 5.82 Å². The molecule has 1 aliphatic heterocycles. The molecule has 0 aliphatic carbocycles. The lowest BCUT2D eigenvalue weighted by molar-refractivity contribution is -0.121. The van der Waals surface area contributed by atoms with Gasteiger partial charge in [0.25, 0.3) is 11.8 Å². The van der Waals surface area contributed by atoms with Crippen molar-refractivity contribution in [3.63, 3.8) is 0 Å². The maximum absolute atomic E-state index is 14.7. The Labute approximate surface area is 208 Å². The standard InChI is InChI=1S/C27H29FN4O4/c28-22-8-7-19-17-20(22)21-16-18(6-9-24(21)33)10-13-30-25(34)5-2-14-32(15-3-12-31-26(19)35)27(36)23-4-1-11-29-23/h1,4,6-9,11,16-17,29,33H,2-3,5,10,12-15H2,(H,30,34)(H,31,35). The van der Waals surface area contributed by atoms with Crippen molar-refractivity contribution in [3.05, 3.63) is 77.4 Å². The normalized spacial score (nSPS) is 15.8. The molecule has 1 aliphatic rings. The second-order valence-corrected chi connectivity index (χ2v) is 8.74. The molecule has 0 spiro atoms. The highest BCUT2D eigenvalue weighted by Crippen LogP contribution is 2.33. The first kappa shape index (κ1) is 25.0. The molecule has 0 fully saturated rings. The van der Waals surface area contributed by atoms with Crippen molar-refractivity contribution in [2.24, 2.45) is 0 Å². The number of hydrogen-bond acceptors (Lipinski definition) is 4. The summed E-state index contributed by atoms with van der Waals surface area (Å²) in [6, 6.07) is 12.3. The second-order valence-electron chi connectivity index (χ2n) is 8.74. The Morgan fingerprint density at radius 1 is 0.917 bits per heavy atom. The van der Waals surface area contributed by atoms with E-state index in [0.29, 0.717) is 51.1 Å². The van der Waals surface area contributed by atoms with Gasteiger partial charge >= 0.3 is 0 Å². The summed E-state index contributed by atoms with van der Waals surface area (Å²) in [5.74, 6) is -1.32. The van der Waals surface area contributed by atoms with Crippen molar-refractivity contribution in [2.75, 3.05) is 26.2 Å². The molecule has 0 atom stereocenters. The summed E-state index contributed by atoms with van der Waals surface area (Å²) >= 11 is 0. The summed E-state index contributed by atoms with van der Waals surface area (Å²) in [4.78, 5) is 42.6. The van der Waals surface area contributed by atoms with Crippen molar-refractivity contribution in [1.82, 2.24) is 20.5 Å². The van der Waals surface area contributed by atoms with Crippen LogP contribution in [-0.2, 0) is 11.2 Å². The number of H-pyrrole nitrogens is 1. The number of nitrogens with one attached hydrogen (secondary N) is 3. The Balaban J connectivity index is 1.56. The lowest BCUT2D eigenvalue weighted by Gasteiger charge is -2.22. The Morgan fingerprint density at radius 2 is 1.75 bits per heavy atom. The number of amides is 3. The molecule has 4 rings (SSSR count). The minimum atomic E-state index is -0.559. The van der Waals surface area contributed by atoms with E-state index in [1.165, 1.54) is 24.3 Å². The van der Waals surface area contributed by atoms with Crippen LogP contribution in [0.25, 0.3) is 11.1 Å². The lowest BCUT2D eigenvalue weighted by Crippen LogP contribution is -2.36. The number of halogens is 1. The van der Waals surface area contributed by atoms with Gasteiger partial charge in [0.1, 0.15) is 17.3 Å². The highest BCUT2D eigenvalue weighted by molar-refractivity contribution is 5.96. The average molecular weight is 493 g/mol. The van der Waals surface area contributed by atoms with Crippen LogP contribution in [0.1, 0.15) is 45.7 Å². The molecule has 1 aromatic heterocycles. The molecule has 4 N–H and O–H groups in total. The molecule has 36 heavy (non-hydrogen) atoms. The summed E-state index contributed by atoms with van der Waals surface area (Å²) in [6.45, 7) is 1.48.